The van der Waals surface area contributed by atoms with Crippen LogP contribution in [0.15, 0.2) is 43.1 Å². The molecule has 0 saturated carbocycles. The molecule has 0 radical (unpaired) electrons. The molecule has 0 bridgehead atoms. The summed E-state index contributed by atoms with van der Waals surface area (Å²) in [6.45, 7) is 2.14. The van der Waals surface area contributed by atoms with Gasteiger partial charge in [0.05, 0.1) is 17.9 Å². The molecular formula is C16H19N5. The Morgan fingerprint density at radius 1 is 1.24 bits per heavy atom. The van der Waals surface area contributed by atoms with Crippen LogP contribution >= 0.6 is 0 Å². The van der Waals surface area contributed by atoms with Gasteiger partial charge in [-0.1, -0.05) is 13.0 Å². The Bertz CT molecular complexity index is 717. The quantitative estimate of drug-likeness (QED) is 0.779. The highest BCUT2D eigenvalue weighted by Crippen LogP contribution is 2.21. The summed E-state index contributed by atoms with van der Waals surface area (Å²) < 4.78 is 1.85. The van der Waals surface area contributed by atoms with Crippen LogP contribution < -0.4 is 5.32 Å². The minimum atomic E-state index is 0.173. The molecule has 0 aliphatic rings. The van der Waals surface area contributed by atoms with E-state index in [1.165, 1.54) is 5.56 Å². The van der Waals surface area contributed by atoms with Gasteiger partial charge < -0.3 is 5.32 Å². The number of hydrogen-bond acceptors (Lipinski definition) is 4. The Balaban J connectivity index is 1.87. The number of likely N-dealkylation sites (N-methyl/N-ethyl adjacent to an activating group) is 1. The van der Waals surface area contributed by atoms with Crippen molar-refractivity contribution in [2.75, 3.05) is 7.05 Å². The predicted octanol–water partition coefficient (Wildman–Crippen LogP) is 2.19. The van der Waals surface area contributed by atoms with Crippen molar-refractivity contribution in [1.82, 2.24) is 24.9 Å². The summed E-state index contributed by atoms with van der Waals surface area (Å²) in [5.74, 6) is 0. The van der Waals surface area contributed by atoms with Crippen LogP contribution in [0.4, 0.5) is 0 Å². The molecule has 3 aromatic rings. The van der Waals surface area contributed by atoms with E-state index in [2.05, 4.69) is 39.4 Å². The zero-order valence-corrected chi connectivity index (χ0v) is 12.3. The highest BCUT2D eigenvalue weighted by atomic mass is 15.2. The first-order valence-electron chi connectivity index (χ1n) is 7.20. The average Bonchev–Trinajstić information content (AvgIpc) is 2.97. The summed E-state index contributed by atoms with van der Waals surface area (Å²) in [7, 11) is 1.96. The van der Waals surface area contributed by atoms with Gasteiger partial charge in [0, 0.05) is 42.3 Å². The summed E-state index contributed by atoms with van der Waals surface area (Å²) in [5, 5.41) is 7.73. The number of pyridine rings is 1. The maximum atomic E-state index is 4.54. The average molecular weight is 281 g/mol. The molecule has 1 atom stereocenters. The Morgan fingerprint density at radius 3 is 2.86 bits per heavy atom. The van der Waals surface area contributed by atoms with Gasteiger partial charge in [0.15, 0.2) is 0 Å². The molecule has 5 nitrogen and oxygen atoms in total. The van der Waals surface area contributed by atoms with Crippen molar-refractivity contribution in [3.8, 4) is 0 Å². The standard InChI is InChI=1S/C16H19N5/c1-3-12-4-5-13(19-9-12)8-15(17-2)14-10-20-21-7-6-18-11-16(14)21/h4-7,9-11,15,17H,3,8H2,1-2H3. The fourth-order valence-electron chi connectivity index (χ4n) is 2.48. The lowest BCUT2D eigenvalue weighted by molar-refractivity contribution is 0.588. The molecule has 108 valence electrons. The lowest BCUT2D eigenvalue weighted by Crippen LogP contribution is -2.19. The zero-order chi connectivity index (χ0) is 14.7. The van der Waals surface area contributed by atoms with E-state index in [0.717, 1.165) is 29.6 Å². The van der Waals surface area contributed by atoms with Crippen LogP contribution in [0.5, 0.6) is 0 Å². The van der Waals surface area contributed by atoms with Gasteiger partial charge in [-0.25, -0.2) is 4.52 Å². The van der Waals surface area contributed by atoms with E-state index in [1.54, 1.807) is 6.20 Å². The van der Waals surface area contributed by atoms with E-state index in [9.17, 15) is 0 Å². The Labute approximate surface area is 124 Å². The fourth-order valence-corrected chi connectivity index (χ4v) is 2.48. The van der Waals surface area contributed by atoms with Crippen LogP contribution in [-0.2, 0) is 12.8 Å². The highest BCUT2D eigenvalue weighted by Gasteiger charge is 2.16. The van der Waals surface area contributed by atoms with Gasteiger partial charge in [-0.2, -0.15) is 5.10 Å². The van der Waals surface area contributed by atoms with E-state index in [1.807, 2.05) is 36.4 Å². The maximum Gasteiger partial charge on any atom is 0.0892 e. The van der Waals surface area contributed by atoms with E-state index in [-0.39, 0.29) is 6.04 Å². The van der Waals surface area contributed by atoms with Crippen LogP contribution in [0, 0.1) is 0 Å². The monoisotopic (exact) mass is 281 g/mol. The normalized spacial score (nSPS) is 12.7. The summed E-state index contributed by atoms with van der Waals surface area (Å²) >= 11 is 0. The van der Waals surface area contributed by atoms with Crippen molar-refractivity contribution in [3.63, 3.8) is 0 Å². The van der Waals surface area contributed by atoms with Crippen molar-refractivity contribution in [3.05, 3.63) is 59.9 Å². The SMILES string of the molecule is CCc1ccc(CC(NC)c2cnn3ccncc23)nc1. The third-order valence-electron chi connectivity index (χ3n) is 3.79. The van der Waals surface area contributed by atoms with Gasteiger partial charge in [0.25, 0.3) is 0 Å². The van der Waals surface area contributed by atoms with Crippen molar-refractivity contribution in [2.24, 2.45) is 0 Å². The number of nitrogens with one attached hydrogen (secondary N) is 1. The minimum absolute atomic E-state index is 0.173. The Kier molecular flexibility index (Phi) is 3.92. The topological polar surface area (TPSA) is 55.1 Å². The second kappa shape index (κ2) is 6.01. The third-order valence-corrected chi connectivity index (χ3v) is 3.79. The zero-order valence-electron chi connectivity index (χ0n) is 12.3. The summed E-state index contributed by atoms with van der Waals surface area (Å²) in [5.41, 5.74) is 4.52. The molecule has 0 amide bonds. The lowest BCUT2D eigenvalue weighted by Gasteiger charge is -2.15. The molecule has 1 unspecified atom stereocenters. The van der Waals surface area contributed by atoms with Gasteiger partial charge in [0.2, 0.25) is 0 Å². The molecular weight excluding hydrogens is 262 g/mol. The maximum absolute atomic E-state index is 4.54. The van der Waals surface area contributed by atoms with Gasteiger partial charge in [-0.05, 0) is 25.1 Å². The van der Waals surface area contributed by atoms with Gasteiger partial charge in [-0.3, -0.25) is 9.97 Å². The second-order valence-electron chi connectivity index (χ2n) is 5.06. The van der Waals surface area contributed by atoms with Crippen molar-refractivity contribution >= 4 is 5.52 Å². The molecule has 0 saturated heterocycles. The predicted molar refractivity (Wildman–Crippen MR) is 82.1 cm³/mol. The largest absolute Gasteiger partial charge is 0.313 e. The van der Waals surface area contributed by atoms with Crippen LogP contribution in [0.3, 0.4) is 0 Å². The van der Waals surface area contributed by atoms with Crippen LogP contribution in [0.1, 0.15) is 29.8 Å². The van der Waals surface area contributed by atoms with E-state index in [0.29, 0.717) is 0 Å². The van der Waals surface area contributed by atoms with Crippen molar-refractivity contribution in [1.29, 1.82) is 0 Å². The Morgan fingerprint density at radius 2 is 2.14 bits per heavy atom. The first kappa shape index (κ1) is 13.7. The molecule has 0 spiro atoms. The molecule has 3 heterocycles. The molecule has 0 aliphatic heterocycles. The molecule has 3 rings (SSSR count). The number of rotatable bonds is 5. The van der Waals surface area contributed by atoms with Crippen LogP contribution in [-0.4, -0.2) is 26.6 Å². The van der Waals surface area contributed by atoms with E-state index in [4.69, 9.17) is 0 Å². The van der Waals surface area contributed by atoms with E-state index < -0.39 is 0 Å². The van der Waals surface area contributed by atoms with Crippen molar-refractivity contribution < 1.29 is 0 Å². The molecule has 0 fully saturated rings. The Hall–Kier alpha value is -2.27. The summed E-state index contributed by atoms with van der Waals surface area (Å²) in [6.07, 6.45) is 11.2. The number of aromatic nitrogens is 4. The number of aryl methyl sites for hydroxylation is 1. The third kappa shape index (κ3) is 2.78. The fraction of sp³-hybridized carbons (Fsp3) is 0.312. The number of hydrogen-bond donors (Lipinski definition) is 1. The molecule has 1 N–H and O–H groups in total. The molecule has 3 aromatic heterocycles. The van der Waals surface area contributed by atoms with Crippen LogP contribution in [0.25, 0.3) is 5.52 Å². The summed E-state index contributed by atoms with van der Waals surface area (Å²) in [4.78, 5) is 8.73. The molecule has 0 aromatic carbocycles. The molecule has 0 aliphatic carbocycles. The van der Waals surface area contributed by atoms with Gasteiger partial charge in [0.1, 0.15) is 0 Å². The molecule has 21 heavy (non-hydrogen) atoms. The van der Waals surface area contributed by atoms with E-state index >= 15 is 0 Å². The number of fused-ring (bicyclic) bond motifs is 1. The van der Waals surface area contributed by atoms with Crippen molar-refractivity contribution in [2.45, 2.75) is 25.8 Å². The minimum Gasteiger partial charge on any atom is -0.313 e. The summed E-state index contributed by atoms with van der Waals surface area (Å²) in [6, 6.07) is 4.42. The van der Waals surface area contributed by atoms with Crippen LogP contribution in [0.2, 0.25) is 0 Å². The highest BCUT2D eigenvalue weighted by molar-refractivity contribution is 5.53. The smallest absolute Gasteiger partial charge is 0.0892 e. The van der Waals surface area contributed by atoms with Gasteiger partial charge in [-0.15, -0.1) is 0 Å². The number of nitrogens with zero attached hydrogens (tertiary/aromatic N) is 4. The van der Waals surface area contributed by atoms with Gasteiger partial charge >= 0.3 is 0 Å². The first-order chi connectivity index (χ1) is 10.3. The first-order valence-corrected chi connectivity index (χ1v) is 7.20. The second-order valence-corrected chi connectivity index (χ2v) is 5.06. The molecule has 5 heteroatoms. The lowest BCUT2D eigenvalue weighted by atomic mass is 10.0.